The van der Waals surface area contributed by atoms with E-state index >= 15 is 0 Å². The number of hydrogen-bond donors (Lipinski definition) is 0. The van der Waals surface area contributed by atoms with Crippen molar-refractivity contribution in [3.8, 4) is 0 Å². The second-order valence-electron chi connectivity index (χ2n) is 5.96. The molecule has 0 aliphatic carbocycles. The SMILES string of the molecule is CCN(Cc1ccccc1)C(=O)C(C)N1CCCCCC1. The first-order valence-corrected chi connectivity index (χ1v) is 8.29. The molecule has 3 nitrogen and oxygen atoms in total. The molecule has 1 saturated heterocycles. The molecule has 0 spiro atoms. The fraction of sp³-hybridized carbons (Fsp3) is 0.611. The summed E-state index contributed by atoms with van der Waals surface area (Å²) < 4.78 is 0. The van der Waals surface area contributed by atoms with E-state index in [2.05, 4.69) is 30.9 Å². The quantitative estimate of drug-likeness (QED) is 0.830. The molecule has 1 aromatic rings. The fourth-order valence-electron chi connectivity index (χ4n) is 3.05. The first kappa shape index (κ1) is 16.0. The van der Waals surface area contributed by atoms with Crippen LogP contribution in [0, 0.1) is 0 Å². The van der Waals surface area contributed by atoms with Crippen molar-refractivity contribution in [2.24, 2.45) is 0 Å². The van der Waals surface area contributed by atoms with Gasteiger partial charge in [0.1, 0.15) is 0 Å². The summed E-state index contributed by atoms with van der Waals surface area (Å²) in [5.41, 5.74) is 1.20. The summed E-state index contributed by atoms with van der Waals surface area (Å²) in [6.45, 7) is 7.75. The third kappa shape index (κ3) is 4.57. The number of amides is 1. The number of carbonyl (C=O) groups excluding carboxylic acids is 1. The van der Waals surface area contributed by atoms with E-state index in [0.29, 0.717) is 6.54 Å². The van der Waals surface area contributed by atoms with Gasteiger partial charge in [-0.15, -0.1) is 0 Å². The Morgan fingerprint density at radius 3 is 2.33 bits per heavy atom. The molecule has 1 aliphatic heterocycles. The molecule has 21 heavy (non-hydrogen) atoms. The van der Waals surface area contributed by atoms with Crippen molar-refractivity contribution in [1.82, 2.24) is 9.80 Å². The molecule has 2 rings (SSSR count). The Morgan fingerprint density at radius 1 is 1.14 bits per heavy atom. The fourth-order valence-corrected chi connectivity index (χ4v) is 3.05. The van der Waals surface area contributed by atoms with Crippen LogP contribution in [-0.4, -0.2) is 41.4 Å². The van der Waals surface area contributed by atoms with Crippen LogP contribution in [0.2, 0.25) is 0 Å². The van der Waals surface area contributed by atoms with Crippen LogP contribution >= 0.6 is 0 Å². The normalized spacial score (nSPS) is 18.0. The van der Waals surface area contributed by atoms with E-state index in [1.54, 1.807) is 0 Å². The smallest absolute Gasteiger partial charge is 0.239 e. The summed E-state index contributed by atoms with van der Waals surface area (Å²) in [4.78, 5) is 17.1. The van der Waals surface area contributed by atoms with Crippen LogP contribution in [0.3, 0.4) is 0 Å². The van der Waals surface area contributed by atoms with Gasteiger partial charge in [0.15, 0.2) is 0 Å². The molecule has 0 radical (unpaired) electrons. The van der Waals surface area contributed by atoms with E-state index in [-0.39, 0.29) is 11.9 Å². The van der Waals surface area contributed by atoms with E-state index < -0.39 is 0 Å². The predicted molar refractivity (Wildman–Crippen MR) is 87.0 cm³/mol. The van der Waals surface area contributed by atoms with Crippen LogP contribution in [0.4, 0.5) is 0 Å². The van der Waals surface area contributed by atoms with Gasteiger partial charge in [0.2, 0.25) is 5.91 Å². The monoisotopic (exact) mass is 288 g/mol. The average Bonchev–Trinajstić information content (AvgIpc) is 2.81. The maximum atomic E-state index is 12.8. The highest BCUT2D eigenvalue weighted by Gasteiger charge is 2.25. The van der Waals surface area contributed by atoms with Gasteiger partial charge in [-0.2, -0.15) is 0 Å². The van der Waals surface area contributed by atoms with Gasteiger partial charge in [-0.05, 0) is 45.3 Å². The second-order valence-corrected chi connectivity index (χ2v) is 5.96. The van der Waals surface area contributed by atoms with Gasteiger partial charge in [-0.25, -0.2) is 0 Å². The van der Waals surface area contributed by atoms with Crippen molar-refractivity contribution in [2.75, 3.05) is 19.6 Å². The van der Waals surface area contributed by atoms with Crippen molar-refractivity contribution in [3.63, 3.8) is 0 Å². The maximum absolute atomic E-state index is 12.8. The van der Waals surface area contributed by atoms with Crippen LogP contribution in [0.5, 0.6) is 0 Å². The highest BCUT2D eigenvalue weighted by molar-refractivity contribution is 5.81. The lowest BCUT2D eigenvalue weighted by atomic mass is 10.1. The molecule has 1 fully saturated rings. The lowest BCUT2D eigenvalue weighted by molar-refractivity contribution is -0.136. The number of carbonyl (C=O) groups is 1. The van der Waals surface area contributed by atoms with Crippen molar-refractivity contribution in [3.05, 3.63) is 35.9 Å². The Kier molecular flexibility index (Phi) is 6.24. The lowest BCUT2D eigenvalue weighted by Crippen LogP contribution is -2.47. The van der Waals surface area contributed by atoms with E-state index in [1.165, 1.54) is 31.2 Å². The number of hydrogen-bond acceptors (Lipinski definition) is 2. The molecule has 0 aromatic heterocycles. The van der Waals surface area contributed by atoms with Crippen molar-refractivity contribution < 1.29 is 4.79 Å². The molecule has 1 unspecified atom stereocenters. The molecule has 1 aliphatic rings. The third-order valence-electron chi connectivity index (χ3n) is 4.46. The van der Waals surface area contributed by atoms with Crippen LogP contribution in [-0.2, 0) is 11.3 Å². The Labute approximate surface area is 128 Å². The summed E-state index contributed by atoms with van der Waals surface area (Å²) in [7, 11) is 0. The number of nitrogens with zero attached hydrogens (tertiary/aromatic N) is 2. The topological polar surface area (TPSA) is 23.6 Å². The Bertz CT molecular complexity index is 424. The minimum atomic E-state index is 0.00626. The van der Waals surface area contributed by atoms with Crippen molar-refractivity contribution in [2.45, 2.75) is 52.1 Å². The van der Waals surface area contributed by atoms with E-state index in [0.717, 1.165) is 19.6 Å². The highest BCUT2D eigenvalue weighted by atomic mass is 16.2. The molecule has 116 valence electrons. The lowest BCUT2D eigenvalue weighted by Gasteiger charge is -2.31. The largest absolute Gasteiger partial charge is 0.337 e. The molecule has 1 amide bonds. The molecular formula is C18H28N2O. The van der Waals surface area contributed by atoms with E-state index in [4.69, 9.17) is 0 Å². The minimum absolute atomic E-state index is 0.00626. The zero-order chi connectivity index (χ0) is 15.1. The van der Waals surface area contributed by atoms with Crippen LogP contribution in [0.25, 0.3) is 0 Å². The molecule has 0 bridgehead atoms. The number of likely N-dealkylation sites (N-methyl/N-ethyl adjacent to an activating group) is 1. The van der Waals surface area contributed by atoms with Crippen molar-refractivity contribution >= 4 is 5.91 Å². The van der Waals surface area contributed by atoms with Gasteiger partial charge < -0.3 is 4.90 Å². The minimum Gasteiger partial charge on any atom is -0.337 e. The van der Waals surface area contributed by atoms with E-state index in [9.17, 15) is 4.79 Å². The number of likely N-dealkylation sites (tertiary alicyclic amines) is 1. The summed E-state index contributed by atoms with van der Waals surface area (Å²) >= 11 is 0. The van der Waals surface area contributed by atoms with Gasteiger partial charge in [0.25, 0.3) is 0 Å². The summed E-state index contributed by atoms with van der Waals surface area (Å²) in [6, 6.07) is 10.3. The molecule has 1 heterocycles. The first-order chi connectivity index (χ1) is 10.2. The number of rotatable bonds is 5. The van der Waals surface area contributed by atoms with Crippen LogP contribution in [0.1, 0.15) is 45.1 Å². The van der Waals surface area contributed by atoms with Gasteiger partial charge in [0.05, 0.1) is 6.04 Å². The molecule has 1 atom stereocenters. The first-order valence-electron chi connectivity index (χ1n) is 8.29. The summed E-state index contributed by atoms with van der Waals surface area (Å²) in [5.74, 6) is 0.267. The van der Waals surface area contributed by atoms with Crippen LogP contribution < -0.4 is 0 Å². The van der Waals surface area contributed by atoms with Crippen LogP contribution in [0.15, 0.2) is 30.3 Å². The maximum Gasteiger partial charge on any atom is 0.239 e. The van der Waals surface area contributed by atoms with Gasteiger partial charge in [-0.3, -0.25) is 9.69 Å². The average molecular weight is 288 g/mol. The molecule has 0 N–H and O–H groups in total. The van der Waals surface area contributed by atoms with Gasteiger partial charge in [-0.1, -0.05) is 43.2 Å². The van der Waals surface area contributed by atoms with Gasteiger partial charge >= 0.3 is 0 Å². The second kappa shape index (κ2) is 8.18. The predicted octanol–water partition coefficient (Wildman–Crippen LogP) is 3.30. The zero-order valence-corrected chi connectivity index (χ0v) is 13.4. The third-order valence-corrected chi connectivity index (χ3v) is 4.46. The molecule has 0 saturated carbocycles. The Morgan fingerprint density at radius 2 is 1.76 bits per heavy atom. The van der Waals surface area contributed by atoms with E-state index in [1.807, 2.05) is 23.1 Å². The van der Waals surface area contributed by atoms with Gasteiger partial charge in [0, 0.05) is 13.1 Å². The Balaban J connectivity index is 1.98. The standard InChI is InChI=1S/C18H28N2O/c1-3-19(15-17-11-7-6-8-12-17)18(21)16(2)20-13-9-4-5-10-14-20/h6-8,11-12,16H,3-5,9-10,13-15H2,1-2H3. The summed E-state index contributed by atoms with van der Waals surface area (Å²) in [6.07, 6.45) is 5.06. The molecule has 3 heteroatoms. The highest BCUT2D eigenvalue weighted by Crippen LogP contribution is 2.15. The van der Waals surface area contributed by atoms with Crippen molar-refractivity contribution in [1.29, 1.82) is 0 Å². The molecule has 1 aromatic carbocycles. The molecular weight excluding hydrogens is 260 g/mol. The zero-order valence-electron chi connectivity index (χ0n) is 13.4. The Hall–Kier alpha value is -1.35. The summed E-state index contributed by atoms with van der Waals surface area (Å²) in [5, 5.41) is 0. The number of benzene rings is 1.